The van der Waals surface area contributed by atoms with E-state index in [0.717, 1.165) is 34.6 Å². The van der Waals surface area contributed by atoms with Gasteiger partial charge in [0.1, 0.15) is 268 Å². The monoisotopic (exact) mass is 2010 g/mol. The van der Waals surface area contributed by atoms with Crippen molar-refractivity contribution < 1.29 is 277 Å². The van der Waals surface area contributed by atoms with Gasteiger partial charge in [0.05, 0.1) is 72.7 Å². The molecule has 5 amide bonds. The van der Waals surface area contributed by atoms with E-state index >= 15 is 0 Å². The number of amides is 5. The highest BCUT2D eigenvalue weighted by Gasteiger charge is 2.63. The predicted molar refractivity (Wildman–Crippen MR) is 420 cm³/mol. The Morgan fingerprint density at radius 2 is 0.401 bits per heavy atom. The van der Waals surface area contributed by atoms with Crippen LogP contribution in [0, 0.1) is 0 Å². The Morgan fingerprint density at radius 3 is 0.701 bits per heavy atom. The molecule has 11 heterocycles. The van der Waals surface area contributed by atoms with Crippen LogP contribution in [-0.2, 0) is 123 Å². The highest BCUT2D eigenvalue weighted by atomic mass is 16.8. The zero-order chi connectivity index (χ0) is 101. The lowest BCUT2D eigenvalue weighted by atomic mass is 9.93. The molecule has 792 valence electrons. The Hall–Kier alpha value is -4.69. The molecule has 61 nitrogen and oxygen atoms in total. The summed E-state index contributed by atoms with van der Waals surface area (Å²) >= 11 is 0. The first kappa shape index (κ1) is 113. The molecule has 61 heteroatoms. The van der Waals surface area contributed by atoms with Crippen LogP contribution in [0.2, 0.25) is 0 Å². The van der Waals surface area contributed by atoms with Crippen molar-refractivity contribution in [2.24, 2.45) is 0 Å². The summed E-state index contributed by atoms with van der Waals surface area (Å²) in [4.78, 5) is 65.2. The third-order valence-electron chi connectivity index (χ3n) is 25.0. The quantitative estimate of drug-likeness (QED) is 0.0277. The molecule has 0 aromatic rings. The number of hydrogen-bond donors (Lipinski definition) is 35. The molecule has 35 N–H and O–H groups in total. The van der Waals surface area contributed by atoms with Crippen molar-refractivity contribution in [2.45, 2.75) is 372 Å². The summed E-state index contributed by atoms with van der Waals surface area (Å²) in [5, 5.41) is 350. The van der Waals surface area contributed by atoms with Crippen molar-refractivity contribution in [3.05, 3.63) is 0 Å². The number of nitrogens with one attached hydrogen (secondary N) is 5. The molecule has 0 spiro atoms. The second-order valence-electron chi connectivity index (χ2n) is 34.5. The zero-order valence-electron chi connectivity index (χ0n) is 73.6. The Kier molecular flexibility index (Phi) is 40.7. The Balaban J connectivity index is 0.983. The number of ether oxygens (including phenoxy) is 21. The van der Waals surface area contributed by atoms with E-state index in [1.165, 1.54) is 0 Å². The third-order valence-corrected chi connectivity index (χ3v) is 25.0. The normalized spacial score (nSPS) is 48.9. The van der Waals surface area contributed by atoms with Gasteiger partial charge in [-0.05, 0) is 0 Å². The van der Waals surface area contributed by atoms with Gasteiger partial charge in [0.15, 0.2) is 69.2 Å². The van der Waals surface area contributed by atoms with Crippen LogP contribution in [0.1, 0.15) is 34.6 Å². The minimum atomic E-state index is -2.75. The number of hydrogen-bond acceptors (Lipinski definition) is 56. The van der Waals surface area contributed by atoms with Gasteiger partial charge in [-0.1, -0.05) is 0 Å². The second kappa shape index (κ2) is 49.5. The highest BCUT2D eigenvalue weighted by Crippen LogP contribution is 2.42. The van der Waals surface area contributed by atoms with Crippen molar-refractivity contribution in [1.82, 2.24) is 26.6 Å². The van der Waals surface area contributed by atoms with Crippen LogP contribution in [0.4, 0.5) is 0 Å². The number of aliphatic hydroxyl groups excluding tert-OH is 30. The van der Waals surface area contributed by atoms with Gasteiger partial charge in [-0.2, -0.15) is 0 Å². The fourth-order valence-electron chi connectivity index (χ4n) is 17.8. The van der Waals surface area contributed by atoms with Gasteiger partial charge in [0.2, 0.25) is 29.5 Å². The maximum Gasteiger partial charge on any atom is 0.217 e. The summed E-state index contributed by atoms with van der Waals surface area (Å²) < 4.78 is 126. The Bertz CT molecular complexity index is 3780. The molecule has 137 heavy (non-hydrogen) atoms. The molecule has 11 fully saturated rings. The topological polar surface area (TPSA) is 946 Å². The fraction of sp³-hybridized carbons (Fsp3) is 0.934. The van der Waals surface area contributed by atoms with Crippen LogP contribution in [0.5, 0.6) is 0 Å². The number of aliphatic hydroxyl groups is 30. The molecule has 11 rings (SSSR count). The Morgan fingerprint density at radius 1 is 0.190 bits per heavy atom. The summed E-state index contributed by atoms with van der Waals surface area (Å²) in [5.74, 6) is -4.90. The third kappa shape index (κ3) is 25.0. The fourth-order valence-corrected chi connectivity index (χ4v) is 17.8. The Labute approximate surface area is 775 Å². The first-order chi connectivity index (χ1) is 64.9. The lowest BCUT2D eigenvalue weighted by Gasteiger charge is -2.52. The molecule has 0 aliphatic carbocycles. The van der Waals surface area contributed by atoms with Crippen molar-refractivity contribution in [2.75, 3.05) is 72.7 Å². The lowest BCUT2D eigenvalue weighted by molar-refractivity contribution is -0.406. The standard InChI is InChI=1S/C76H127N5O56/c1-17(92)77-33-43(102)57(26(10-86)118-66(33)116)129-67-34(78-18(2)93)45(104)61(30(14-90)123-67)134-74-56(115)63(42(101)32(128-74)16-117-75-64(51(110)41(100)25(9-85)122-75)136-69-36(80-20(4)95)46(105)59(28(12-88)125-69)132-72-53(112)49(108)39(98)23(7-83)120-72)135-76-65(137-70-37(81-21(5)96)47(106)60(29(13-89)126-70)133-73-54(113)50(109)40(99)24(8-84)121-73)55(114)62(31(15-91)127-76)130-68-35(79-19(3)94)44(103)58(27(11-87)124-68)131-71-52(111)48(107)38(97)22(6-82)119-71/h22-76,82-91,97-116H,6-16H2,1-5H3,(H,77,92)(H,78,93)(H,79,94)(H,80,95)(H,81,96)/t22-,23-,24-,25-,26-,27-,28-,29-,30-,31-,32-,33-,34-,35-,36-,37-,38+,39+,40+,41-,42-,43-,44-,45-,46-,47-,48+,49+,50+,51+,52-,53-,54-,55+,56+,57-,58-,59-,60-,61-,62-,63+,64+,65+,66?,67+,68+,69+,70+,71+,72+,73+,74?,75+,76-/m1/s1. The maximum absolute atomic E-state index is 13.4. The summed E-state index contributed by atoms with van der Waals surface area (Å²) in [6, 6.07) is -9.91. The molecule has 11 aliphatic rings. The molecule has 0 aromatic carbocycles. The van der Waals surface area contributed by atoms with Crippen molar-refractivity contribution in [3.8, 4) is 0 Å². The van der Waals surface area contributed by atoms with Crippen molar-refractivity contribution >= 4 is 29.5 Å². The summed E-state index contributed by atoms with van der Waals surface area (Å²) in [6.07, 6.45) is -109. The molecule has 55 atom stereocenters. The van der Waals surface area contributed by atoms with E-state index in [0.29, 0.717) is 0 Å². The average molecular weight is 2010 g/mol. The first-order valence-electron chi connectivity index (χ1n) is 43.7. The summed E-state index contributed by atoms with van der Waals surface area (Å²) in [5.41, 5.74) is 0. The van der Waals surface area contributed by atoms with Crippen molar-refractivity contribution in [3.63, 3.8) is 0 Å². The van der Waals surface area contributed by atoms with Gasteiger partial charge in [-0.3, -0.25) is 24.0 Å². The molecule has 0 aromatic heterocycles. The second-order valence-corrected chi connectivity index (χ2v) is 34.5. The minimum absolute atomic E-state index is 0.830. The van der Waals surface area contributed by atoms with E-state index in [-0.39, 0.29) is 0 Å². The SMILES string of the molecule is CC(=O)N[C@H]1[C@H](O[C@H]2[C@H](O)[C@@H](NC(C)=O)C(O)O[C@@H]2CO)O[C@H](CO)[C@@H](OC2O[C@H](CO[C@H]3O[C@H](CO)[C@@H](O)[C@H](O)[C@@H]3O[C@@H]3O[C@H](CO)[C@@H](O[C@@H]4O[C@H](CO)[C@H](O)[C@H](O)[C@H]4O)[C@H](O)[C@H]3NC(C)=O)[C@@H](O)[C@H](O[C@H]3O[C@H](CO)[C@@H](O[C@@H]4O[C@H](CO)[C@@H](O[C@@H]5O[C@H](CO)[C@H](O)[C@H](O)[C@H]5O)[C@H](O)[C@H]4NC(C)=O)[C@H](O)[C@@H]3O[C@@H]3O[C@H](CO)[C@@H](O[C@@H]4O[C@H](CO)[C@H](O)[C@H](O)[C@H]4O)[C@H](O)[C@H]3NC(C)=O)[C@@H]2O)[C@@H]1O. The lowest BCUT2D eigenvalue weighted by Crippen LogP contribution is -2.71. The first-order valence-corrected chi connectivity index (χ1v) is 43.7. The van der Waals surface area contributed by atoms with Gasteiger partial charge in [-0.15, -0.1) is 0 Å². The van der Waals surface area contributed by atoms with Crippen LogP contribution in [0.15, 0.2) is 0 Å². The molecule has 0 bridgehead atoms. The van der Waals surface area contributed by atoms with Crippen LogP contribution in [0.3, 0.4) is 0 Å². The number of rotatable bonds is 36. The summed E-state index contributed by atoms with van der Waals surface area (Å²) in [7, 11) is 0. The molecule has 0 saturated carbocycles. The van der Waals surface area contributed by atoms with E-state index in [2.05, 4.69) is 26.6 Å². The number of carbonyl (C=O) groups is 5. The zero-order valence-corrected chi connectivity index (χ0v) is 73.6. The van der Waals surface area contributed by atoms with E-state index in [1.54, 1.807) is 0 Å². The van der Waals surface area contributed by atoms with Gasteiger partial charge in [-0.25, -0.2) is 0 Å². The van der Waals surface area contributed by atoms with E-state index in [4.69, 9.17) is 99.5 Å². The highest BCUT2D eigenvalue weighted by molar-refractivity contribution is 5.75. The van der Waals surface area contributed by atoms with Gasteiger partial charge < -0.3 is 279 Å². The average Bonchev–Trinajstić information content (AvgIpc) is 0.747. The van der Waals surface area contributed by atoms with Crippen LogP contribution in [-0.4, -0.2) is 593 Å². The van der Waals surface area contributed by atoms with Crippen LogP contribution < -0.4 is 26.6 Å². The van der Waals surface area contributed by atoms with Crippen LogP contribution >= 0.6 is 0 Å². The molecule has 0 radical (unpaired) electrons. The molecule has 11 aliphatic heterocycles. The summed E-state index contributed by atoms with van der Waals surface area (Å²) in [6.45, 7) is -8.38. The van der Waals surface area contributed by atoms with Gasteiger partial charge >= 0.3 is 0 Å². The maximum atomic E-state index is 13.4. The molecule has 2 unspecified atom stereocenters. The van der Waals surface area contributed by atoms with E-state index < -0.39 is 440 Å². The minimum Gasteiger partial charge on any atom is -0.394 e. The van der Waals surface area contributed by atoms with Gasteiger partial charge in [0, 0.05) is 34.6 Å². The predicted octanol–water partition coefficient (Wildman–Crippen LogP) is -24.3. The molecular weight excluding hydrogens is 1880 g/mol. The molecule has 11 saturated heterocycles. The van der Waals surface area contributed by atoms with E-state index in [9.17, 15) is 177 Å². The van der Waals surface area contributed by atoms with E-state index in [1.807, 2.05) is 0 Å². The molecular formula is C76H127N5O56. The smallest absolute Gasteiger partial charge is 0.217 e. The largest absolute Gasteiger partial charge is 0.394 e. The van der Waals surface area contributed by atoms with Crippen molar-refractivity contribution in [1.29, 1.82) is 0 Å². The van der Waals surface area contributed by atoms with Crippen LogP contribution in [0.25, 0.3) is 0 Å². The number of carbonyl (C=O) groups excluding carboxylic acids is 5. The van der Waals surface area contributed by atoms with Gasteiger partial charge in [0.25, 0.3) is 0 Å².